The zero-order valence-corrected chi connectivity index (χ0v) is 18.3. The van der Waals surface area contributed by atoms with Crippen LogP contribution in [0.5, 0.6) is 0 Å². The fourth-order valence-electron chi connectivity index (χ4n) is 4.73. The molecule has 28 heavy (non-hydrogen) atoms. The third-order valence-corrected chi connectivity index (χ3v) is 6.73. The number of carbonyl (C=O) groups is 2. The summed E-state index contributed by atoms with van der Waals surface area (Å²) in [6.07, 6.45) is 12.3. The highest BCUT2D eigenvalue weighted by Crippen LogP contribution is 2.27. The van der Waals surface area contributed by atoms with E-state index in [0.717, 1.165) is 57.3 Å². The van der Waals surface area contributed by atoms with Gasteiger partial charge >= 0.3 is 5.97 Å². The Bertz CT molecular complexity index is 453. The fourth-order valence-corrected chi connectivity index (χ4v) is 4.73. The Morgan fingerprint density at radius 1 is 0.821 bits per heavy atom. The van der Waals surface area contributed by atoms with E-state index in [1.165, 1.54) is 65.1 Å². The molecule has 0 amide bonds. The van der Waals surface area contributed by atoms with E-state index in [-0.39, 0.29) is 5.97 Å². The number of hydrogen-bond donors (Lipinski definition) is 0. The molecule has 2 rings (SSSR count). The Labute approximate surface area is 172 Å². The highest BCUT2D eigenvalue weighted by Gasteiger charge is 2.22. The molecular formula is C23H42N2O3. The van der Waals surface area contributed by atoms with E-state index in [2.05, 4.69) is 16.7 Å². The molecule has 2 aliphatic rings. The van der Waals surface area contributed by atoms with Crippen molar-refractivity contribution >= 4 is 11.8 Å². The Morgan fingerprint density at radius 3 is 1.79 bits per heavy atom. The molecule has 0 aromatic rings. The zero-order chi connectivity index (χ0) is 20.2. The zero-order valence-electron chi connectivity index (χ0n) is 18.3. The highest BCUT2D eigenvalue weighted by molar-refractivity contribution is 5.78. The van der Waals surface area contributed by atoms with Crippen molar-refractivity contribution in [3.8, 4) is 0 Å². The molecule has 5 nitrogen and oxygen atoms in total. The summed E-state index contributed by atoms with van der Waals surface area (Å²) >= 11 is 0. The lowest BCUT2D eigenvalue weighted by molar-refractivity contribution is -0.141. The molecule has 0 aromatic heterocycles. The molecule has 0 bridgehead atoms. The first-order valence-corrected chi connectivity index (χ1v) is 11.6. The van der Waals surface area contributed by atoms with Gasteiger partial charge in [-0.3, -0.25) is 9.59 Å². The molecule has 5 heteroatoms. The standard InChI is InChI=1S/C23H42N2O3/c1-3-5-22(26)12-18-24-14-8-20(9-15-24)6-4-7-21-10-16-25(17-11-21)19-13-23(27)28-2/h20-21H,3-19H2,1-2H3. The van der Waals surface area contributed by atoms with Crippen molar-refractivity contribution in [3.05, 3.63) is 0 Å². The van der Waals surface area contributed by atoms with Crippen molar-refractivity contribution < 1.29 is 14.3 Å². The largest absolute Gasteiger partial charge is 0.469 e. The van der Waals surface area contributed by atoms with Crippen LogP contribution in [0.4, 0.5) is 0 Å². The Balaban J connectivity index is 1.49. The smallest absolute Gasteiger partial charge is 0.306 e. The van der Waals surface area contributed by atoms with Gasteiger partial charge in [0, 0.05) is 25.9 Å². The summed E-state index contributed by atoms with van der Waals surface area (Å²) in [4.78, 5) is 27.9. The summed E-state index contributed by atoms with van der Waals surface area (Å²) in [7, 11) is 1.47. The summed E-state index contributed by atoms with van der Waals surface area (Å²) in [5.74, 6) is 2.10. The molecule has 2 aliphatic heterocycles. The molecule has 0 spiro atoms. The van der Waals surface area contributed by atoms with E-state index in [0.29, 0.717) is 12.2 Å². The summed E-state index contributed by atoms with van der Waals surface area (Å²) < 4.78 is 4.73. The maximum absolute atomic E-state index is 11.7. The van der Waals surface area contributed by atoms with E-state index < -0.39 is 0 Å². The van der Waals surface area contributed by atoms with Crippen LogP contribution in [0.1, 0.15) is 77.6 Å². The van der Waals surface area contributed by atoms with E-state index in [1.54, 1.807) is 0 Å². The molecule has 0 unspecified atom stereocenters. The van der Waals surface area contributed by atoms with Gasteiger partial charge in [-0.25, -0.2) is 0 Å². The first kappa shape index (κ1) is 23.3. The maximum Gasteiger partial charge on any atom is 0.306 e. The first-order chi connectivity index (χ1) is 13.6. The molecule has 0 N–H and O–H groups in total. The summed E-state index contributed by atoms with van der Waals surface area (Å²) in [6.45, 7) is 8.54. The monoisotopic (exact) mass is 394 g/mol. The lowest BCUT2D eigenvalue weighted by Gasteiger charge is -2.33. The van der Waals surface area contributed by atoms with Crippen LogP contribution in [0.15, 0.2) is 0 Å². The van der Waals surface area contributed by atoms with Gasteiger partial charge < -0.3 is 14.5 Å². The quantitative estimate of drug-likeness (QED) is 0.470. The van der Waals surface area contributed by atoms with Gasteiger partial charge in [0.25, 0.3) is 0 Å². The number of hydrogen-bond acceptors (Lipinski definition) is 5. The number of likely N-dealkylation sites (tertiary alicyclic amines) is 2. The molecule has 0 aliphatic carbocycles. The predicted molar refractivity (Wildman–Crippen MR) is 113 cm³/mol. The molecule has 162 valence electrons. The Kier molecular flexibility index (Phi) is 11.1. The minimum Gasteiger partial charge on any atom is -0.469 e. The summed E-state index contributed by atoms with van der Waals surface area (Å²) in [5.41, 5.74) is 0. The lowest BCUT2D eigenvalue weighted by Crippen LogP contribution is -2.36. The number of esters is 1. The topological polar surface area (TPSA) is 49.9 Å². The van der Waals surface area contributed by atoms with Gasteiger partial charge in [0.05, 0.1) is 13.5 Å². The second-order valence-electron chi connectivity index (χ2n) is 8.87. The summed E-state index contributed by atoms with van der Waals surface area (Å²) in [6, 6.07) is 0. The molecule has 2 heterocycles. The average molecular weight is 395 g/mol. The van der Waals surface area contributed by atoms with Gasteiger partial charge in [0.15, 0.2) is 0 Å². The van der Waals surface area contributed by atoms with Gasteiger partial charge in [-0.15, -0.1) is 0 Å². The fraction of sp³-hybridized carbons (Fsp3) is 0.913. The average Bonchev–Trinajstić information content (AvgIpc) is 2.72. The number of piperidine rings is 2. The minimum atomic E-state index is -0.0965. The van der Waals surface area contributed by atoms with Crippen LogP contribution in [-0.2, 0) is 14.3 Å². The van der Waals surface area contributed by atoms with Gasteiger partial charge in [0.2, 0.25) is 0 Å². The SMILES string of the molecule is CCCC(=O)CCN1CCC(CCCC2CCN(CCC(=O)OC)CC2)CC1. The van der Waals surface area contributed by atoms with E-state index >= 15 is 0 Å². The number of rotatable bonds is 12. The Hall–Kier alpha value is -0.940. The number of ether oxygens (including phenoxy) is 1. The van der Waals surface area contributed by atoms with Gasteiger partial charge in [-0.05, 0) is 70.1 Å². The first-order valence-electron chi connectivity index (χ1n) is 11.6. The third-order valence-electron chi connectivity index (χ3n) is 6.73. The van der Waals surface area contributed by atoms with Crippen molar-refractivity contribution in [2.24, 2.45) is 11.8 Å². The van der Waals surface area contributed by atoms with Crippen molar-refractivity contribution in [1.82, 2.24) is 9.80 Å². The molecule has 2 fully saturated rings. The number of Topliss-reactive ketones (excluding diaryl/α,β-unsaturated/α-hetero) is 1. The normalized spacial score (nSPS) is 20.4. The van der Waals surface area contributed by atoms with Crippen molar-refractivity contribution in [3.63, 3.8) is 0 Å². The molecular weight excluding hydrogens is 352 g/mol. The van der Waals surface area contributed by atoms with E-state index in [9.17, 15) is 9.59 Å². The van der Waals surface area contributed by atoms with E-state index in [1.807, 2.05) is 0 Å². The van der Waals surface area contributed by atoms with Gasteiger partial charge in [-0.1, -0.05) is 26.2 Å². The number of ketones is 1. The van der Waals surface area contributed by atoms with Crippen LogP contribution >= 0.6 is 0 Å². The second-order valence-corrected chi connectivity index (χ2v) is 8.87. The van der Waals surface area contributed by atoms with E-state index in [4.69, 9.17) is 4.74 Å². The molecule has 2 saturated heterocycles. The maximum atomic E-state index is 11.7. The molecule has 0 atom stereocenters. The Morgan fingerprint density at radius 2 is 1.32 bits per heavy atom. The van der Waals surface area contributed by atoms with Crippen LogP contribution < -0.4 is 0 Å². The lowest BCUT2D eigenvalue weighted by atomic mass is 9.87. The minimum absolute atomic E-state index is 0.0965. The van der Waals surface area contributed by atoms with Crippen LogP contribution in [0.3, 0.4) is 0 Å². The van der Waals surface area contributed by atoms with Crippen LogP contribution in [0.25, 0.3) is 0 Å². The predicted octanol–water partition coefficient (Wildman–Crippen LogP) is 3.90. The number of nitrogens with zero attached hydrogens (tertiary/aromatic N) is 2. The number of carbonyl (C=O) groups excluding carboxylic acids is 2. The van der Waals surface area contributed by atoms with Crippen molar-refractivity contribution in [2.75, 3.05) is 46.4 Å². The number of methoxy groups -OCH3 is 1. The molecule has 0 aromatic carbocycles. The second kappa shape index (κ2) is 13.3. The summed E-state index contributed by atoms with van der Waals surface area (Å²) in [5, 5.41) is 0. The van der Waals surface area contributed by atoms with Crippen LogP contribution in [-0.4, -0.2) is 67.9 Å². The molecule has 0 radical (unpaired) electrons. The van der Waals surface area contributed by atoms with Crippen LogP contribution in [0.2, 0.25) is 0 Å². The van der Waals surface area contributed by atoms with Crippen molar-refractivity contribution in [1.29, 1.82) is 0 Å². The highest BCUT2D eigenvalue weighted by atomic mass is 16.5. The van der Waals surface area contributed by atoms with Gasteiger partial charge in [0.1, 0.15) is 5.78 Å². The third kappa shape index (κ3) is 9.04. The van der Waals surface area contributed by atoms with Crippen molar-refractivity contribution in [2.45, 2.75) is 77.6 Å². The van der Waals surface area contributed by atoms with Gasteiger partial charge in [-0.2, -0.15) is 0 Å². The molecule has 0 saturated carbocycles. The van der Waals surface area contributed by atoms with Crippen LogP contribution in [0, 0.1) is 11.8 Å².